The molecular weight excluding hydrogens is 306 g/mol. The molecule has 0 unspecified atom stereocenters. The fourth-order valence-corrected chi connectivity index (χ4v) is 2.03. The number of hydrogen-bond acceptors (Lipinski definition) is 6. The second-order valence-corrected chi connectivity index (χ2v) is 4.65. The SMILES string of the molecule is COCOc1cc(OCCCCN=[N+]=[N-])cc(CS)c1C=O. The van der Waals surface area contributed by atoms with E-state index < -0.39 is 0 Å². The Labute approximate surface area is 134 Å². The van der Waals surface area contributed by atoms with Gasteiger partial charge in [0.1, 0.15) is 11.5 Å². The van der Waals surface area contributed by atoms with Crippen LogP contribution in [0.1, 0.15) is 28.8 Å². The normalized spacial score (nSPS) is 9.91. The van der Waals surface area contributed by atoms with Crippen molar-refractivity contribution in [3.05, 3.63) is 33.7 Å². The molecule has 0 radical (unpaired) electrons. The Morgan fingerprint density at radius 3 is 2.82 bits per heavy atom. The van der Waals surface area contributed by atoms with E-state index in [1.165, 1.54) is 7.11 Å². The van der Waals surface area contributed by atoms with Crippen LogP contribution >= 0.6 is 12.6 Å². The van der Waals surface area contributed by atoms with Gasteiger partial charge in [0.05, 0.1) is 12.2 Å². The summed E-state index contributed by atoms with van der Waals surface area (Å²) in [5.74, 6) is 1.41. The third-order valence-electron chi connectivity index (χ3n) is 2.81. The van der Waals surface area contributed by atoms with Gasteiger partial charge in [-0.25, -0.2) is 0 Å². The van der Waals surface area contributed by atoms with Gasteiger partial charge in [-0.05, 0) is 30.0 Å². The average molecular weight is 325 g/mol. The summed E-state index contributed by atoms with van der Waals surface area (Å²) in [5.41, 5.74) is 9.36. The van der Waals surface area contributed by atoms with E-state index >= 15 is 0 Å². The van der Waals surface area contributed by atoms with E-state index in [4.69, 9.17) is 19.7 Å². The molecule has 0 bridgehead atoms. The lowest BCUT2D eigenvalue weighted by atomic mass is 10.1. The second kappa shape index (κ2) is 10.8. The molecule has 0 aliphatic rings. The van der Waals surface area contributed by atoms with Gasteiger partial charge in [0.15, 0.2) is 13.1 Å². The predicted octanol–water partition coefficient (Wildman–Crippen LogP) is 3.38. The van der Waals surface area contributed by atoms with Crippen LogP contribution in [0.25, 0.3) is 10.4 Å². The summed E-state index contributed by atoms with van der Waals surface area (Å²) >= 11 is 4.22. The van der Waals surface area contributed by atoms with Crippen LogP contribution in [0.15, 0.2) is 17.2 Å². The van der Waals surface area contributed by atoms with Crippen LogP contribution < -0.4 is 9.47 Å². The number of rotatable bonds is 11. The number of aldehydes is 1. The lowest BCUT2D eigenvalue weighted by Crippen LogP contribution is -2.05. The number of benzene rings is 1. The zero-order valence-electron chi connectivity index (χ0n) is 12.4. The topological polar surface area (TPSA) is 93.5 Å². The minimum Gasteiger partial charge on any atom is -0.493 e. The summed E-state index contributed by atoms with van der Waals surface area (Å²) in [5, 5.41) is 3.46. The second-order valence-electron chi connectivity index (χ2n) is 4.33. The standard InChI is InChI=1S/C14H19N3O4S/c1-19-10-21-14-7-12(6-11(9-22)13(14)8-18)20-5-3-2-4-16-17-15/h6-8,22H,2-5,9-10H2,1H3. The van der Waals surface area contributed by atoms with Crippen LogP contribution in [-0.2, 0) is 10.5 Å². The summed E-state index contributed by atoms with van der Waals surface area (Å²) in [6, 6.07) is 3.42. The summed E-state index contributed by atoms with van der Waals surface area (Å²) in [6.07, 6.45) is 2.25. The molecule has 0 spiro atoms. The van der Waals surface area contributed by atoms with Crippen molar-refractivity contribution in [1.82, 2.24) is 0 Å². The smallest absolute Gasteiger partial charge is 0.188 e. The Balaban J connectivity index is 2.73. The highest BCUT2D eigenvalue weighted by Crippen LogP contribution is 2.29. The first-order valence-corrected chi connectivity index (χ1v) is 7.38. The van der Waals surface area contributed by atoms with Crippen molar-refractivity contribution in [2.75, 3.05) is 27.1 Å². The monoisotopic (exact) mass is 325 g/mol. The van der Waals surface area contributed by atoms with Crippen LogP contribution in [0.5, 0.6) is 11.5 Å². The zero-order chi connectivity index (χ0) is 16.2. The van der Waals surface area contributed by atoms with E-state index in [0.717, 1.165) is 24.7 Å². The molecule has 0 fully saturated rings. The number of unbranched alkanes of at least 4 members (excludes halogenated alkanes) is 1. The predicted molar refractivity (Wildman–Crippen MR) is 85.8 cm³/mol. The molecular formula is C14H19N3O4S. The van der Waals surface area contributed by atoms with Crippen molar-refractivity contribution in [3.8, 4) is 11.5 Å². The van der Waals surface area contributed by atoms with Crippen LogP contribution in [0.4, 0.5) is 0 Å². The molecule has 8 heteroatoms. The fourth-order valence-electron chi connectivity index (χ4n) is 1.77. The highest BCUT2D eigenvalue weighted by Gasteiger charge is 2.12. The molecule has 0 aliphatic heterocycles. The molecule has 120 valence electrons. The third-order valence-corrected chi connectivity index (χ3v) is 3.15. The quantitative estimate of drug-likeness (QED) is 0.128. The molecule has 0 saturated carbocycles. The highest BCUT2D eigenvalue weighted by molar-refractivity contribution is 7.79. The van der Waals surface area contributed by atoms with Crippen molar-refractivity contribution in [2.45, 2.75) is 18.6 Å². The van der Waals surface area contributed by atoms with Crippen LogP contribution in [0.2, 0.25) is 0 Å². The number of nitrogens with zero attached hydrogens (tertiary/aromatic N) is 3. The molecule has 0 aliphatic carbocycles. The Morgan fingerprint density at radius 2 is 2.18 bits per heavy atom. The van der Waals surface area contributed by atoms with Crippen molar-refractivity contribution in [3.63, 3.8) is 0 Å². The molecule has 1 rings (SSSR count). The van der Waals surface area contributed by atoms with Crippen LogP contribution in [0, 0.1) is 0 Å². The minimum atomic E-state index is 0.0441. The molecule has 1 aromatic rings. The zero-order valence-corrected chi connectivity index (χ0v) is 13.3. The molecule has 0 aromatic heterocycles. The maximum Gasteiger partial charge on any atom is 0.188 e. The fraction of sp³-hybridized carbons (Fsp3) is 0.500. The van der Waals surface area contributed by atoms with E-state index in [1.54, 1.807) is 12.1 Å². The van der Waals surface area contributed by atoms with Gasteiger partial charge < -0.3 is 14.2 Å². The average Bonchev–Trinajstić information content (AvgIpc) is 2.55. The Hall–Kier alpha value is -1.89. The molecule has 0 N–H and O–H groups in total. The minimum absolute atomic E-state index is 0.0441. The number of thiol groups is 1. The molecule has 7 nitrogen and oxygen atoms in total. The lowest BCUT2D eigenvalue weighted by molar-refractivity contribution is 0.0503. The Morgan fingerprint density at radius 1 is 1.36 bits per heavy atom. The largest absolute Gasteiger partial charge is 0.493 e. The van der Waals surface area contributed by atoms with Crippen LogP contribution in [-0.4, -0.2) is 33.3 Å². The summed E-state index contributed by atoms with van der Waals surface area (Å²) in [7, 11) is 1.50. The maximum absolute atomic E-state index is 11.2. The van der Waals surface area contributed by atoms with Gasteiger partial charge >= 0.3 is 0 Å². The number of methoxy groups -OCH3 is 1. The van der Waals surface area contributed by atoms with Crippen molar-refractivity contribution < 1.29 is 19.0 Å². The number of carbonyl (C=O) groups is 1. The van der Waals surface area contributed by atoms with Gasteiger partial charge in [-0.15, -0.1) is 0 Å². The first-order valence-electron chi connectivity index (χ1n) is 6.75. The van der Waals surface area contributed by atoms with E-state index in [9.17, 15) is 4.79 Å². The number of hydrogen-bond donors (Lipinski definition) is 1. The molecule has 0 saturated heterocycles. The van der Waals surface area contributed by atoms with Crippen molar-refractivity contribution in [1.29, 1.82) is 0 Å². The van der Waals surface area contributed by atoms with Crippen molar-refractivity contribution >= 4 is 18.9 Å². The molecule has 0 heterocycles. The van der Waals surface area contributed by atoms with Gasteiger partial charge in [-0.1, -0.05) is 5.11 Å². The number of carbonyl (C=O) groups excluding carboxylic acids is 1. The maximum atomic E-state index is 11.2. The van der Waals surface area contributed by atoms with Gasteiger partial charge in [-0.2, -0.15) is 12.6 Å². The molecule has 0 atom stereocenters. The van der Waals surface area contributed by atoms with Crippen molar-refractivity contribution in [2.24, 2.45) is 5.11 Å². The summed E-state index contributed by atoms with van der Waals surface area (Å²) in [6.45, 7) is 0.980. The van der Waals surface area contributed by atoms with Gasteiger partial charge in [0, 0.05) is 30.4 Å². The first-order chi connectivity index (χ1) is 10.8. The van der Waals surface area contributed by atoms with Crippen LogP contribution in [0.3, 0.4) is 0 Å². The van der Waals surface area contributed by atoms with E-state index in [2.05, 4.69) is 22.7 Å². The van der Waals surface area contributed by atoms with Gasteiger partial charge in [0.25, 0.3) is 0 Å². The van der Waals surface area contributed by atoms with Gasteiger partial charge in [-0.3, -0.25) is 4.79 Å². The number of ether oxygens (including phenoxy) is 3. The first kappa shape index (κ1) is 18.2. The highest BCUT2D eigenvalue weighted by atomic mass is 32.1. The molecule has 1 aromatic carbocycles. The Bertz CT molecular complexity index is 533. The third kappa shape index (κ3) is 5.85. The van der Waals surface area contributed by atoms with E-state index in [-0.39, 0.29) is 6.79 Å². The molecule has 0 amide bonds. The molecule has 22 heavy (non-hydrogen) atoms. The summed E-state index contributed by atoms with van der Waals surface area (Å²) in [4.78, 5) is 13.9. The summed E-state index contributed by atoms with van der Waals surface area (Å²) < 4.78 is 15.9. The van der Waals surface area contributed by atoms with Gasteiger partial charge in [0.2, 0.25) is 0 Å². The van der Waals surface area contributed by atoms with E-state index in [0.29, 0.717) is 36.0 Å². The lowest BCUT2D eigenvalue weighted by Gasteiger charge is -2.14. The van der Waals surface area contributed by atoms with E-state index in [1.807, 2.05) is 0 Å². The number of azide groups is 1. The Kier molecular flexibility index (Phi) is 8.90.